The summed E-state index contributed by atoms with van der Waals surface area (Å²) < 4.78 is 0. The van der Waals surface area contributed by atoms with Gasteiger partial charge in [-0.05, 0) is 43.9 Å². The Hall–Kier alpha value is -1.61. The topological polar surface area (TPSA) is 29.1 Å². The normalized spacial score (nSPS) is 16.7. The molecule has 1 aliphatic carbocycles. The lowest BCUT2D eigenvalue weighted by molar-refractivity contribution is 0.0827. The van der Waals surface area contributed by atoms with E-state index < -0.39 is 0 Å². The van der Waals surface area contributed by atoms with E-state index in [0.717, 1.165) is 17.7 Å². The van der Waals surface area contributed by atoms with Crippen LogP contribution in [0.3, 0.4) is 0 Å². The van der Waals surface area contributed by atoms with E-state index in [4.69, 9.17) is 0 Å². The van der Waals surface area contributed by atoms with E-state index in [2.05, 4.69) is 17.4 Å². The van der Waals surface area contributed by atoms with Crippen molar-refractivity contribution in [3.63, 3.8) is 0 Å². The minimum Gasteiger partial charge on any atom is -0.342 e. The summed E-state index contributed by atoms with van der Waals surface area (Å²) in [6.07, 6.45) is 3.25. The second-order valence-corrected chi connectivity index (χ2v) is 6.45. The number of aryl methyl sites for hydroxylation is 1. The van der Waals surface area contributed by atoms with Crippen molar-refractivity contribution >= 4 is 17.2 Å². The summed E-state index contributed by atoms with van der Waals surface area (Å²) in [6.45, 7) is 2.03. The minimum atomic E-state index is -0.143. The molecule has 2 nitrogen and oxygen atoms in total. The number of rotatable bonds is 3. The van der Waals surface area contributed by atoms with Crippen LogP contribution < -0.4 is 5.32 Å². The fraction of sp³-hybridized carbons (Fsp3) is 0.312. The molecule has 1 fully saturated rings. The Bertz CT molecular complexity index is 584. The van der Waals surface area contributed by atoms with Gasteiger partial charge in [0.15, 0.2) is 0 Å². The van der Waals surface area contributed by atoms with E-state index in [1.165, 1.54) is 16.9 Å². The van der Waals surface area contributed by atoms with Crippen LogP contribution in [0.15, 0.2) is 42.5 Å². The maximum atomic E-state index is 12.3. The van der Waals surface area contributed by atoms with Crippen LogP contribution in [0.2, 0.25) is 0 Å². The van der Waals surface area contributed by atoms with Gasteiger partial charge in [0.05, 0.1) is 10.4 Å². The Kier molecular flexibility index (Phi) is 3.15. The SMILES string of the molecule is Cc1ccc(C(=O)NC2(c3ccccc3)CCC2)s1. The Balaban J connectivity index is 1.82. The fourth-order valence-electron chi connectivity index (χ4n) is 2.61. The van der Waals surface area contributed by atoms with Gasteiger partial charge in [-0.15, -0.1) is 11.3 Å². The van der Waals surface area contributed by atoms with E-state index in [1.807, 2.05) is 37.3 Å². The van der Waals surface area contributed by atoms with E-state index in [1.54, 1.807) is 11.3 Å². The highest BCUT2D eigenvalue weighted by atomic mass is 32.1. The van der Waals surface area contributed by atoms with Gasteiger partial charge < -0.3 is 5.32 Å². The van der Waals surface area contributed by atoms with Crippen molar-refractivity contribution in [1.29, 1.82) is 0 Å². The van der Waals surface area contributed by atoms with Gasteiger partial charge >= 0.3 is 0 Å². The van der Waals surface area contributed by atoms with Crippen LogP contribution in [0.5, 0.6) is 0 Å². The van der Waals surface area contributed by atoms with Crippen molar-refractivity contribution in [3.8, 4) is 0 Å². The molecular weight excluding hydrogens is 254 g/mol. The molecule has 19 heavy (non-hydrogen) atoms. The number of hydrogen-bond acceptors (Lipinski definition) is 2. The Morgan fingerprint density at radius 3 is 2.42 bits per heavy atom. The number of carbonyl (C=O) groups excluding carboxylic acids is 1. The monoisotopic (exact) mass is 271 g/mol. The zero-order chi connectivity index (χ0) is 13.3. The smallest absolute Gasteiger partial charge is 0.262 e. The molecule has 0 saturated heterocycles. The summed E-state index contributed by atoms with van der Waals surface area (Å²) in [6, 6.07) is 14.2. The highest BCUT2D eigenvalue weighted by Gasteiger charge is 2.40. The van der Waals surface area contributed by atoms with Gasteiger partial charge in [0.1, 0.15) is 0 Å². The Labute approximate surface area is 117 Å². The van der Waals surface area contributed by atoms with Crippen LogP contribution >= 0.6 is 11.3 Å². The fourth-order valence-corrected chi connectivity index (χ4v) is 3.37. The van der Waals surface area contributed by atoms with E-state index in [0.29, 0.717) is 0 Å². The van der Waals surface area contributed by atoms with E-state index >= 15 is 0 Å². The zero-order valence-electron chi connectivity index (χ0n) is 11.0. The summed E-state index contributed by atoms with van der Waals surface area (Å²) in [5.41, 5.74) is 1.08. The van der Waals surface area contributed by atoms with Gasteiger partial charge in [0, 0.05) is 4.88 Å². The quantitative estimate of drug-likeness (QED) is 0.902. The summed E-state index contributed by atoms with van der Waals surface area (Å²) in [5, 5.41) is 3.25. The van der Waals surface area contributed by atoms with Crippen LogP contribution in [0, 0.1) is 6.92 Å². The largest absolute Gasteiger partial charge is 0.342 e. The number of hydrogen-bond donors (Lipinski definition) is 1. The molecule has 0 aliphatic heterocycles. The van der Waals surface area contributed by atoms with Gasteiger partial charge in [0.25, 0.3) is 5.91 Å². The first-order valence-electron chi connectivity index (χ1n) is 6.64. The molecule has 1 heterocycles. The number of carbonyl (C=O) groups is 1. The Morgan fingerprint density at radius 2 is 1.89 bits per heavy atom. The first-order chi connectivity index (χ1) is 9.20. The molecule has 3 heteroatoms. The molecule has 0 atom stereocenters. The van der Waals surface area contributed by atoms with Gasteiger partial charge in [0.2, 0.25) is 0 Å². The van der Waals surface area contributed by atoms with Crippen LogP contribution in [-0.2, 0) is 5.54 Å². The lowest BCUT2D eigenvalue weighted by atomic mass is 9.72. The van der Waals surface area contributed by atoms with Crippen molar-refractivity contribution in [1.82, 2.24) is 5.32 Å². The molecule has 1 aliphatic rings. The lowest BCUT2D eigenvalue weighted by Gasteiger charge is -2.43. The predicted molar refractivity (Wildman–Crippen MR) is 78.5 cm³/mol. The van der Waals surface area contributed by atoms with E-state index in [9.17, 15) is 4.79 Å². The van der Waals surface area contributed by atoms with Crippen molar-refractivity contribution in [2.45, 2.75) is 31.7 Å². The first-order valence-corrected chi connectivity index (χ1v) is 7.46. The third-order valence-electron chi connectivity index (χ3n) is 3.85. The molecule has 0 spiro atoms. The maximum Gasteiger partial charge on any atom is 0.262 e. The van der Waals surface area contributed by atoms with E-state index in [-0.39, 0.29) is 11.4 Å². The molecule has 1 N–H and O–H groups in total. The first kappa shape index (κ1) is 12.4. The van der Waals surface area contributed by atoms with Crippen LogP contribution in [0.1, 0.15) is 39.4 Å². The predicted octanol–water partition coefficient (Wildman–Crippen LogP) is 3.87. The molecule has 0 radical (unpaired) electrons. The standard InChI is InChI=1S/C16H17NOS/c1-12-8-9-14(19-12)15(18)17-16(10-5-11-16)13-6-3-2-4-7-13/h2-4,6-9H,5,10-11H2,1H3,(H,17,18). The third-order valence-corrected chi connectivity index (χ3v) is 4.85. The van der Waals surface area contributed by atoms with Crippen molar-refractivity contribution in [2.24, 2.45) is 0 Å². The molecule has 1 amide bonds. The lowest BCUT2D eigenvalue weighted by Crippen LogP contribution is -2.50. The highest BCUT2D eigenvalue weighted by molar-refractivity contribution is 7.13. The molecule has 3 rings (SSSR count). The minimum absolute atomic E-state index is 0.0571. The molecule has 0 bridgehead atoms. The summed E-state index contributed by atoms with van der Waals surface area (Å²) >= 11 is 1.55. The Morgan fingerprint density at radius 1 is 1.16 bits per heavy atom. The highest BCUT2D eigenvalue weighted by Crippen LogP contribution is 2.41. The number of amides is 1. The van der Waals surface area contributed by atoms with Crippen molar-refractivity contribution in [2.75, 3.05) is 0 Å². The molecule has 2 aromatic rings. The second kappa shape index (κ2) is 4.82. The van der Waals surface area contributed by atoms with Crippen LogP contribution in [0.25, 0.3) is 0 Å². The van der Waals surface area contributed by atoms with Crippen LogP contribution in [-0.4, -0.2) is 5.91 Å². The second-order valence-electron chi connectivity index (χ2n) is 5.17. The zero-order valence-corrected chi connectivity index (χ0v) is 11.8. The third kappa shape index (κ3) is 2.30. The number of benzene rings is 1. The average molecular weight is 271 g/mol. The van der Waals surface area contributed by atoms with Crippen molar-refractivity contribution in [3.05, 3.63) is 57.8 Å². The molecule has 0 unspecified atom stereocenters. The van der Waals surface area contributed by atoms with Gasteiger partial charge in [-0.2, -0.15) is 0 Å². The average Bonchev–Trinajstić information content (AvgIpc) is 2.81. The number of thiophene rings is 1. The molecule has 1 saturated carbocycles. The van der Waals surface area contributed by atoms with Crippen LogP contribution in [0.4, 0.5) is 0 Å². The van der Waals surface area contributed by atoms with Gasteiger partial charge in [-0.1, -0.05) is 30.3 Å². The summed E-state index contributed by atoms with van der Waals surface area (Å²) in [5.74, 6) is 0.0571. The molecular formula is C16H17NOS. The molecule has 1 aromatic heterocycles. The van der Waals surface area contributed by atoms with Crippen molar-refractivity contribution < 1.29 is 4.79 Å². The summed E-state index contributed by atoms with van der Waals surface area (Å²) in [4.78, 5) is 14.3. The number of nitrogens with one attached hydrogen (secondary N) is 1. The van der Waals surface area contributed by atoms with Gasteiger partial charge in [-0.3, -0.25) is 4.79 Å². The molecule has 1 aromatic carbocycles. The summed E-state index contributed by atoms with van der Waals surface area (Å²) in [7, 11) is 0. The van der Waals surface area contributed by atoms with Gasteiger partial charge in [-0.25, -0.2) is 0 Å². The maximum absolute atomic E-state index is 12.3. The molecule has 98 valence electrons.